The molecule has 0 atom stereocenters. The van der Waals surface area contributed by atoms with Crippen molar-refractivity contribution in [3.63, 3.8) is 0 Å². The summed E-state index contributed by atoms with van der Waals surface area (Å²) in [7, 11) is 3.89. The molecule has 0 unspecified atom stereocenters. The van der Waals surface area contributed by atoms with E-state index in [9.17, 15) is 9.59 Å². The third-order valence-corrected chi connectivity index (χ3v) is 4.99. The highest BCUT2D eigenvalue weighted by Crippen LogP contribution is 2.28. The summed E-state index contributed by atoms with van der Waals surface area (Å²) in [5.41, 5.74) is 3.22. The number of nitrogens with zero attached hydrogens (tertiary/aromatic N) is 3. The summed E-state index contributed by atoms with van der Waals surface area (Å²) in [6.45, 7) is 2.02. The number of hydrogen-bond donors (Lipinski definition) is 1. The molecule has 3 aromatic rings. The Kier molecular flexibility index (Phi) is 5.18. The van der Waals surface area contributed by atoms with Crippen molar-refractivity contribution in [2.45, 2.75) is 6.54 Å². The normalized spacial score (nSPS) is 14.0. The molecule has 2 aromatic carbocycles. The van der Waals surface area contributed by atoms with Crippen LogP contribution < -0.4 is 10.2 Å². The van der Waals surface area contributed by atoms with Crippen molar-refractivity contribution in [2.75, 3.05) is 37.4 Å². The van der Waals surface area contributed by atoms with Crippen molar-refractivity contribution in [3.8, 4) is 0 Å². The van der Waals surface area contributed by atoms with Crippen molar-refractivity contribution in [1.29, 1.82) is 0 Å². The molecule has 29 heavy (non-hydrogen) atoms. The van der Waals surface area contributed by atoms with E-state index in [1.54, 1.807) is 4.90 Å². The maximum absolute atomic E-state index is 13.1. The minimum atomic E-state index is -0.186. The number of fused-ring (bicyclic) bond motifs is 3. The van der Waals surface area contributed by atoms with E-state index in [-0.39, 0.29) is 11.8 Å². The number of rotatable bonds is 5. The van der Waals surface area contributed by atoms with Crippen molar-refractivity contribution < 1.29 is 9.59 Å². The van der Waals surface area contributed by atoms with Gasteiger partial charge in [-0.1, -0.05) is 30.3 Å². The maximum Gasteiger partial charge on any atom is 0.274 e. The fourth-order valence-corrected chi connectivity index (χ4v) is 3.62. The van der Waals surface area contributed by atoms with Crippen LogP contribution in [0, 0.1) is 0 Å². The van der Waals surface area contributed by atoms with Gasteiger partial charge in [-0.3, -0.25) is 9.59 Å². The quantitative estimate of drug-likeness (QED) is 0.682. The Labute approximate surface area is 170 Å². The lowest BCUT2D eigenvalue weighted by molar-refractivity contribution is -0.111. The second-order valence-electron chi connectivity index (χ2n) is 7.40. The molecule has 1 aliphatic heterocycles. The van der Waals surface area contributed by atoms with Crippen LogP contribution >= 0.6 is 0 Å². The lowest BCUT2D eigenvalue weighted by atomic mass is 10.2. The van der Waals surface area contributed by atoms with Gasteiger partial charge in [0, 0.05) is 48.0 Å². The third kappa shape index (κ3) is 3.93. The van der Waals surface area contributed by atoms with Gasteiger partial charge in [0.05, 0.1) is 0 Å². The number of amides is 2. The summed E-state index contributed by atoms with van der Waals surface area (Å²) in [5, 5.41) is 3.94. The molecule has 0 aliphatic carbocycles. The van der Waals surface area contributed by atoms with Crippen LogP contribution in [0.5, 0.6) is 0 Å². The van der Waals surface area contributed by atoms with E-state index >= 15 is 0 Å². The van der Waals surface area contributed by atoms with Crippen LogP contribution in [-0.2, 0) is 11.3 Å². The zero-order valence-corrected chi connectivity index (χ0v) is 16.6. The van der Waals surface area contributed by atoms with Gasteiger partial charge in [0.1, 0.15) is 5.69 Å². The molecule has 2 heterocycles. The standard InChI is InChI=1S/C23H24N4O2/c1-25(2)12-6-11-22(28)24-18-8-5-9-19(16-18)26-13-14-27-20-10-4-3-7-17(20)15-21(27)23(26)29/h3-11,15-16H,12-14H2,1-2H3,(H,24,28)/b11-6+. The molecule has 148 valence electrons. The van der Waals surface area contributed by atoms with E-state index in [2.05, 4.69) is 9.88 Å². The molecule has 6 nitrogen and oxygen atoms in total. The highest BCUT2D eigenvalue weighted by atomic mass is 16.2. The smallest absolute Gasteiger partial charge is 0.274 e. The molecule has 1 aromatic heterocycles. The summed E-state index contributed by atoms with van der Waals surface area (Å²) in [6, 6.07) is 17.4. The van der Waals surface area contributed by atoms with Gasteiger partial charge in [0.15, 0.2) is 0 Å². The molecule has 0 radical (unpaired) electrons. The number of anilines is 2. The Bertz CT molecular complexity index is 1100. The largest absolute Gasteiger partial charge is 0.335 e. The van der Waals surface area contributed by atoms with E-state index in [0.717, 1.165) is 23.1 Å². The molecule has 0 bridgehead atoms. The van der Waals surface area contributed by atoms with E-state index in [0.29, 0.717) is 24.5 Å². The van der Waals surface area contributed by atoms with Crippen LogP contribution in [0.15, 0.2) is 66.7 Å². The molecule has 0 spiro atoms. The first kappa shape index (κ1) is 19.0. The van der Waals surface area contributed by atoms with Crippen molar-refractivity contribution in [1.82, 2.24) is 9.47 Å². The zero-order valence-electron chi connectivity index (χ0n) is 16.6. The van der Waals surface area contributed by atoms with Crippen LogP contribution in [0.1, 0.15) is 10.5 Å². The van der Waals surface area contributed by atoms with Crippen molar-refractivity contribution in [3.05, 3.63) is 72.4 Å². The molecule has 1 N–H and O–H groups in total. The van der Waals surface area contributed by atoms with E-state index in [4.69, 9.17) is 0 Å². The van der Waals surface area contributed by atoms with Crippen LogP contribution in [0.25, 0.3) is 10.9 Å². The van der Waals surface area contributed by atoms with Gasteiger partial charge in [-0.15, -0.1) is 0 Å². The average Bonchev–Trinajstić information content (AvgIpc) is 3.08. The minimum absolute atomic E-state index is 0.0261. The summed E-state index contributed by atoms with van der Waals surface area (Å²) < 4.78 is 2.08. The summed E-state index contributed by atoms with van der Waals surface area (Å²) >= 11 is 0. The third-order valence-electron chi connectivity index (χ3n) is 4.99. The Hall–Kier alpha value is -3.38. The number of benzene rings is 2. The molecule has 4 rings (SSSR count). The van der Waals surface area contributed by atoms with E-state index < -0.39 is 0 Å². The van der Waals surface area contributed by atoms with Crippen molar-refractivity contribution in [2.24, 2.45) is 0 Å². The molecule has 0 saturated heterocycles. The number of aromatic nitrogens is 1. The first-order chi connectivity index (χ1) is 14.0. The second-order valence-corrected chi connectivity index (χ2v) is 7.40. The highest BCUT2D eigenvalue weighted by Gasteiger charge is 2.27. The number of carbonyl (C=O) groups is 2. The molecule has 0 fully saturated rings. The zero-order chi connectivity index (χ0) is 20.4. The molecular formula is C23H24N4O2. The van der Waals surface area contributed by atoms with Gasteiger partial charge in [0.25, 0.3) is 5.91 Å². The maximum atomic E-state index is 13.1. The molecular weight excluding hydrogens is 364 g/mol. The first-order valence-electron chi connectivity index (χ1n) is 9.65. The fourth-order valence-electron chi connectivity index (χ4n) is 3.62. The number of likely N-dealkylation sites (N-methyl/N-ethyl adjacent to an activating group) is 1. The Balaban J connectivity index is 1.53. The highest BCUT2D eigenvalue weighted by molar-refractivity contribution is 6.09. The van der Waals surface area contributed by atoms with Gasteiger partial charge in [-0.05, 0) is 44.4 Å². The van der Waals surface area contributed by atoms with Crippen LogP contribution in [-0.4, -0.2) is 48.5 Å². The number of hydrogen-bond acceptors (Lipinski definition) is 3. The predicted molar refractivity (Wildman–Crippen MR) is 116 cm³/mol. The molecule has 1 aliphatic rings. The van der Waals surface area contributed by atoms with Crippen LogP contribution in [0.2, 0.25) is 0 Å². The Morgan fingerprint density at radius 3 is 2.76 bits per heavy atom. The number of nitrogens with one attached hydrogen (secondary N) is 1. The first-order valence-corrected chi connectivity index (χ1v) is 9.65. The van der Waals surface area contributed by atoms with Gasteiger partial charge >= 0.3 is 0 Å². The van der Waals surface area contributed by atoms with Gasteiger partial charge in [-0.2, -0.15) is 0 Å². The number of para-hydroxylation sites is 1. The van der Waals surface area contributed by atoms with Gasteiger partial charge < -0.3 is 19.7 Å². The average molecular weight is 388 g/mol. The van der Waals surface area contributed by atoms with Gasteiger partial charge in [-0.25, -0.2) is 0 Å². The van der Waals surface area contributed by atoms with Crippen molar-refractivity contribution >= 4 is 34.1 Å². The lowest BCUT2D eigenvalue weighted by Gasteiger charge is -2.29. The predicted octanol–water partition coefficient (Wildman–Crippen LogP) is 3.36. The molecule has 0 saturated carbocycles. The van der Waals surface area contributed by atoms with Crippen LogP contribution in [0.3, 0.4) is 0 Å². The number of carbonyl (C=O) groups excluding carboxylic acids is 2. The fraction of sp³-hybridized carbons (Fsp3) is 0.217. The molecule has 6 heteroatoms. The molecule has 2 amide bonds. The van der Waals surface area contributed by atoms with Crippen LogP contribution in [0.4, 0.5) is 11.4 Å². The monoisotopic (exact) mass is 388 g/mol. The summed E-state index contributed by atoms with van der Waals surface area (Å²) in [5.74, 6) is -0.212. The van der Waals surface area contributed by atoms with E-state index in [1.807, 2.05) is 79.7 Å². The lowest BCUT2D eigenvalue weighted by Crippen LogP contribution is -2.40. The van der Waals surface area contributed by atoms with E-state index in [1.165, 1.54) is 6.08 Å². The second kappa shape index (κ2) is 7.93. The minimum Gasteiger partial charge on any atom is -0.335 e. The van der Waals surface area contributed by atoms with Gasteiger partial charge in [0.2, 0.25) is 5.91 Å². The topological polar surface area (TPSA) is 57.6 Å². The Morgan fingerprint density at radius 2 is 1.93 bits per heavy atom. The summed E-state index contributed by atoms with van der Waals surface area (Å²) in [6.07, 6.45) is 3.34. The SMILES string of the molecule is CN(C)C/C=C/C(=O)Nc1cccc(N2CCn3c(cc4ccccc43)C2=O)c1. The Morgan fingerprint density at radius 1 is 1.10 bits per heavy atom. The summed E-state index contributed by atoms with van der Waals surface area (Å²) in [4.78, 5) is 29.0.